The Morgan fingerprint density at radius 1 is 1.18 bits per heavy atom. The van der Waals surface area contributed by atoms with Crippen LogP contribution in [0.2, 0.25) is 0 Å². The number of H-pyrrole nitrogens is 1. The molecule has 1 aromatic heterocycles. The molecule has 156 valence electrons. The van der Waals surface area contributed by atoms with Gasteiger partial charge in [0.2, 0.25) is 0 Å². The van der Waals surface area contributed by atoms with Crippen molar-refractivity contribution in [1.82, 2.24) is 14.8 Å². The third kappa shape index (κ3) is 5.09. The van der Waals surface area contributed by atoms with Crippen molar-refractivity contribution in [3.63, 3.8) is 0 Å². The Bertz CT molecular complexity index is 792. The maximum atomic E-state index is 12.7. The molecule has 2 aliphatic heterocycles. The Kier molecular flexibility index (Phi) is 8.37. The smallest absolute Gasteiger partial charge is 0.270 e. The van der Waals surface area contributed by atoms with E-state index in [0.717, 1.165) is 54.3 Å². The number of carbonyl (C=O) groups is 1. The number of carbonyl (C=O) groups excluding carboxylic acids is 1. The number of thioether (sulfide) groups is 1. The fourth-order valence-electron chi connectivity index (χ4n) is 3.88. The lowest BCUT2D eigenvalue weighted by molar-refractivity contribution is 0.0767. The van der Waals surface area contributed by atoms with Gasteiger partial charge in [-0.1, -0.05) is 0 Å². The van der Waals surface area contributed by atoms with Gasteiger partial charge in [0.1, 0.15) is 5.69 Å². The Morgan fingerprint density at radius 2 is 1.93 bits per heavy atom. The van der Waals surface area contributed by atoms with Crippen molar-refractivity contribution in [3.8, 4) is 0 Å². The molecule has 2 N–H and O–H groups in total. The van der Waals surface area contributed by atoms with Gasteiger partial charge in [0.25, 0.3) is 5.91 Å². The summed E-state index contributed by atoms with van der Waals surface area (Å²) in [5.74, 6) is 2.20. The van der Waals surface area contributed by atoms with Crippen molar-refractivity contribution < 1.29 is 4.79 Å². The zero-order chi connectivity index (χ0) is 18.1. The number of rotatable bonds is 4. The van der Waals surface area contributed by atoms with Crippen LogP contribution in [0.3, 0.4) is 0 Å². The molecule has 1 aromatic carbocycles. The first-order chi connectivity index (χ1) is 12.6. The lowest BCUT2D eigenvalue weighted by Gasteiger charge is -2.25. The summed E-state index contributed by atoms with van der Waals surface area (Å²) in [6.07, 6.45) is 1.18. The van der Waals surface area contributed by atoms with Crippen LogP contribution in [0.25, 0.3) is 10.9 Å². The molecule has 0 aliphatic carbocycles. The normalized spacial score (nSPS) is 20.1. The number of benzene rings is 1. The van der Waals surface area contributed by atoms with E-state index in [1.165, 1.54) is 6.42 Å². The summed E-state index contributed by atoms with van der Waals surface area (Å²) in [5, 5.41) is 4.77. The minimum absolute atomic E-state index is 0. The van der Waals surface area contributed by atoms with Crippen LogP contribution in [0.15, 0.2) is 24.3 Å². The van der Waals surface area contributed by atoms with Gasteiger partial charge in [-0.15, -0.1) is 24.8 Å². The molecule has 0 saturated carbocycles. The predicted octanol–water partition coefficient (Wildman–Crippen LogP) is 4.10. The largest absolute Gasteiger partial charge is 0.381 e. The SMILES string of the molecule is CC(C)N1CCC(Nc2ccc3[nH]c(C(=O)N4CCSCC4)cc3c2)C1.Cl.Cl. The van der Waals surface area contributed by atoms with Crippen molar-refractivity contribution in [3.05, 3.63) is 30.0 Å². The van der Waals surface area contributed by atoms with Crippen LogP contribution >= 0.6 is 36.6 Å². The quantitative estimate of drug-likeness (QED) is 0.744. The minimum Gasteiger partial charge on any atom is -0.381 e. The van der Waals surface area contributed by atoms with Crippen LogP contribution < -0.4 is 5.32 Å². The number of hydrogen-bond acceptors (Lipinski definition) is 4. The standard InChI is InChI=1S/C20H28N4OS.2ClH/c1-14(2)24-6-5-17(13-24)21-16-3-4-18-15(11-16)12-19(22-18)20(25)23-7-9-26-10-8-23;;/h3-4,11-12,14,17,21-22H,5-10,13H2,1-2H3;2*1H. The highest BCUT2D eigenvalue weighted by Crippen LogP contribution is 2.24. The lowest BCUT2D eigenvalue weighted by Crippen LogP contribution is -2.38. The van der Waals surface area contributed by atoms with Gasteiger partial charge in [-0.05, 0) is 44.5 Å². The fraction of sp³-hybridized carbons (Fsp3) is 0.550. The second-order valence-electron chi connectivity index (χ2n) is 7.61. The summed E-state index contributed by atoms with van der Waals surface area (Å²) >= 11 is 1.92. The topological polar surface area (TPSA) is 51.4 Å². The molecule has 5 nitrogen and oxygen atoms in total. The van der Waals surface area contributed by atoms with Crippen molar-refractivity contribution in [1.29, 1.82) is 0 Å². The van der Waals surface area contributed by atoms with Crippen LogP contribution in [0.1, 0.15) is 30.8 Å². The van der Waals surface area contributed by atoms with E-state index < -0.39 is 0 Å². The molecular weight excluding hydrogens is 415 g/mol. The van der Waals surface area contributed by atoms with Crippen molar-refractivity contribution in [2.75, 3.05) is 43.0 Å². The zero-order valence-electron chi connectivity index (χ0n) is 16.4. The van der Waals surface area contributed by atoms with E-state index in [-0.39, 0.29) is 30.7 Å². The van der Waals surface area contributed by atoms with E-state index in [1.54, 1.807) is 0 Å². The highest BCUT2D eigenvalue weighted by molar-refractivity contribution is 7.99. The van der Waals surface area contributed by atoms with E-state index in [9.17, 15) is 4.79 Å². The summed E-state index contributed by atoms with van der Waals surface area (Å²) in [6.45, 7) is 8.47. The maximum absolute atomic E-state index is 12.7. The van der Waals surface area contributed by atoms with Gasteiger partial charge in [0.05, 0.1) is 0 Å². The van der Waals surface area contributed by atoms with Gasteiger partial charge in [0, 0.05) is 66.4 Å². The van der Waals surface area contributed by atoms with Gasteiger partial charge in [0.15, 0.2) is 0 Å². The third-order valence-electron chi connectivity index (χ3n) is 5.47. The lowest BCUT2D eigenvalue weighted by atomic mass is 10.2. The first kappa shape index (κ1) is 23.2. The summed E-state index contributed by atoms with van der Waals surface area (Å²) in [4.78, 5) is 20.5. The molecule has 2 aliphatic rings. The zero-order valence-corrected chi connectivity index (χ0v) is 18.9. The molecule has 3 heterocycles. The van der Waals surface area contributed by atoms with Crippen LogP contribution in [-0.2, 0) is 0 Å². The molecule has 1 amide bonds. The molecule has 1 atom stereocenters. The molecule has 2 saturated heterocycles. The molecule has 0 spiro atoms. The number of nitrogens with zero attached hydrogens (tertiary/aromatic N) is 2. The number of nitrogens with one attached hydrogen (secondary N) is 2. The van der Waals surface area contributed by atoms with Crippen LogP contribution in [0, 0.1) is 0 Å². The Hall–Kier alpha value is -1.08. The number of anilines is 1. The van der Waals surface area contributed by atoms with Crippen molar-refractivity contribution in [2.24, 2.45) is 0 Å². The molecule has 0 radical (unpaired) electrons. The van der Waals surface area contributed by atoms with Crippen LogP contribution in [-0.4, -0.2) is 70.5 Å². The molecule has 1 unspecified atom stereocenters. The number of halogens is 2. The minimum atomic E-state index is 0. The summed E-state index contributed by atoms with van der Waals surface area (Å²) < 4.78 is 0. The average molecular weight is 445 g/mol. The molecule has 2 aromatic rings. The van der Waals surface area contributed by atoms with E-state index in [2.05, 4.69) is 47.2 Å². The van der Waals surface area contributed by atoms with Crippen LogP contribution in [0.5, 0.6) is 0 Å². The summed E-state index contributed by atoms with van der Waals surface area (Å²) in [7, 11) is 0. The summed E-state index contributed by atoms with van der Waals surface area (Å²) in [6, 6.07) is 9.46. The number of hydrogen-bond donors (Lipinski definition) is 2. The number of likely N-dealkylation sites (tertiary alicyclic amines) is 1. The average Bonchev–Trinajstić information content (AvgIpc) is 3.28. The summed E-state index contributed by atoms with van der Waals surface area (Å²) in [5.41, 5.74) is 2.87. The molecule has 0 bridgehead atoms. The highest BCUT2D eigenvalue weighted by Gasteiger charge is 2.24. The fourth-order valence-corrected chi connectivity index (χ4v) is 4.79. The second kappa shape index (κ2) is 10.1. The Labute approximate surface area is 183 Å². The molecule has 2 fully saturated rings. The first-order valence-corrected chi connectivity index (χ1v) is 10.8. The van der Waals surface area contributed by atoms with E-state index in [0.29, 0.717) is 17.8 Å². The van der Waals surface area contributed by atoms with Crippen LogP contribution in [0.4, 0.5) is 5.69 Å². The Balaban J connectivity index is 0.00000140. The number of aromatic amines is 1. The molecule has 4 rings (SSSR count). The highest BCUT2D eigenvalue weighted by atomic mass is 35.5. The van der Waals surface area contributed by atoms with Crippen molar-refractivity contribution in [2.45, 2.75) is 32.4 Å². The second-order valence-corrected chi connectivity index (χ2v) is 8.83. The van der Waals surface area contributed by atoms with Gasteiger partial charge < -0.3 is 15.2 Å². The van der Waals surface area contributed by atoms with Gasteiger partial charge in [-0.3, -0.25) is 9.69 Å². The molecular formula is C20H30Cl2N4OS. The maximum Gasteiger partial charge on any atom is 0.270 e. The Morgan fingerprint density at radius 3 is 2.61 bits per heavy atom. The monoisotopic (exact) mass is 444 g/mol. The number of fused-ring (bicyclic) bond motifs is 1. The van der Waals surface area contributed by atoms with Gasteiger partial charge >= 0.3 is 0 Å². The van der Waals surface area contributed by atoms with Gasteiger partial charge in [-0.2, -0.15) is 11.8 Å². The number of aromatic nitrogens is 1. The predicted molar refractivity (Wildman–Crippen MR) is 125 cm³/mol. The first-order valence-electron chi connectivity index (χ1n) is 9.60. The third-order valence-corrected chi connectivity index (χ3v) is 6.41. The van der Waals surface area contributed by atoms with E-state index in [4.69, 9.17) is 0 Å². The molecule has 28 heavy (non-hydrogen) atoms. The van der Waals surface area contributed by atoms with Crippen molar-refractivity contribution >= 4 is 59.1 Å². The van der Waals surface area contributed by atoms with Gasteiger partial charge in [-0.25, -0.2) is 0 Å². The molecule has 8 heteroatoms. The van der Waals surface area contributed by atoms with E-state index in [1.807, 2.05) is 22.7 Å². The number of amides is 1. The van der Waals surface area contributed by atoms with E-state index >= 15 is 0 Å².